The number of thiophene rings is 1. The van der Waals surface area contributed by atoms with E-state index in [0.717, 1.165) is 15.1 Å². The van der Waals surface area contributed by atoms with Gasteiger partial charge in [-0.05, 0) is 46.2 Å². The summed E-state index contributed by atoms with van der Waals surface area (Å²) in [5, 5.41) is 11.3. The molecule has 0 saturated heterocycles. The fraction of sp³-hybridized carbons (Fsp3) is 0.692. The smallest absolute Gasteiger partial charge is 0.0916 e. The van der Waals surface area contributed by atoms with E-state index in [2.05, 4.69) is 29.8 Å². The van der Waals surface area contributed by atoms with E-state index in [4.69, 9.17) is 11.6 Å². The van der Waals surface area contributed by atoms with Crippen LogP contribution in [0.2, 0.25) is 5.02 Å². The average Bonchev–Trinajstić information content (AvgIpc) is 2.58. The zero-order valence-corrected chi connectivity index (χ0v) is 13.3. The van der Waals surface area contributed by atoms with Gasteiger partial charge < -0.3 is 5.11 Å². The summed E-state index contributed by atoms with van der Waals surface area (Å²) < 4.78 is 0.918. The van der Waals surface area contributed by atoms with Crippen LogP contribution in [0.1, 0.15) is 50.5 Å². The molecule has 0 spiro atoms. The third-order valence-corrected chi connectivity index (χ3v) is 6.47. The highest BCUT2D eigenvalue weighted by Gasteiger charge is 2.38. The molecule has 4 heteroatoms. The maximum atomic E-state index is 10.5. The lowest BCUT2D eigenvalue weighted by molar-refractivity contribution is 0.00589. The van der Waals surface area contributed by atoms with E-state index in [0.29, 0.717) is 10.9 Å². The number of hydrogen-bond donors (Lipinski definition) is 1. The number of rotatable bonds is 2. The highest BCUT2D eigenvalue weighted by atomic mass is 79.9. The third kappa shape index (κ3) is 2.89. The lowest BCUT2D eigenvalue weighted by Crippen LogP contribution is -2.32. The minimum Gasteiger partial charge on any atom is -0.387 e. The van der Waals surface area contributed by atoms with E-state index in [1.807, 2.05) is 6.07 Å². The van der Waals surface area contributed by atoms with Crippen molar-refractivity contribution in [3.05, 3.63) is 19.8 Å². The molecule has 1 aliphatic rings. The maximum absolute atomic E-state index is 10.5. The summed E-state index contributed by atoms with van der Waals surface area (Å²) in [7, 11) is 0. The van der Waals surface area contributed by atoms with Gasteiger partial charge in [0.25, 0.3) is 0 Å². The van der Waals surface area contributed by atoms with Gasteiger partial charge in [-0.15, -0.1) is 11.3 Å². The molecule has 1 saturated carbocycles. The monoisotopic (exact) mass is 336 g/mol. The molecule has 1 aromatic heterocycles. The fourth-order valence-corrected chi connectivity index (χ4v) is 4.61. The third-order valence-electron chi connectivity index (χ3n) is 3.93. The SMILES string of the molecule is CC1(C)CCCCC1C(O)c1cc(Cl)c(Br)s1. The highest BCUT2D eigenvalue weighted by molar-refractivity contribution is 9.11. The van der Waals surface area contributed by atoms with Crippen LogP contribution in [0.25, 0.3) is 0 Å². The van der Waals surface area contributed by atoms with Gasteiger partial charge in [0.2, 0.25) is 0 Å². The van der Waals surface area contributed by atoms with Gasteiger partial charge in [0.1, 0.15) is 0 Å². The summed E-state index contributed by atoms with van der Waals surface area (Å²) in [5.74, 6) is 0.345. The van der Waals surface area contributed by atoms with Crippen LogP contribution in [0.15, 0.2) is 9.85 Å². The van der Waals surface area contributed by atoms with Gasteiger partial charge in [-0.1, -0.05) is 38.3 Å². The van der Waals surface area contributed by atoms with E-state index in [1.165, 1.54) is 19.3 Å². The highest BCUT2D eigenvalue weighted by Crippen LogP contribution is 2.49. The molecule has 0 aromatic carbocycles. The van der Waals surface area contributed by atoms with Crippen LogP contribution in [-0.2, 0) is 0 Å². The summed E-state index contributed by atoms with van der Waals surface area (Å²) in [6, 6.07) is 1.89. The average molecular weight is 338 g/mol. The van der Waals surface area contributed by atoms with Gasteiger partial charge in [0, 0.05) is 4.88 Å². The zero-order valence-electron chi connectivity index (χ0n) is 10.2. The Morgan fingerprint density at radius 3 is 2.76 bits per heavy atom. The first-order chi connectivity index (χ1) is 7.92. The van der Waals surface area contributed by atoms with Crippen molar-refractivity contribution in [2.24, 2.45) is 11.3 Å². The number of halogens is 2. The van der Waals surface area contributed by atoms with E-state index in [1.54, 1.807) is 11.3 Å². The van der Waals surface area contributed by atoms with Crippen LogP contribution < -0.4 is 0 Å². The Bertz CT molecular complexity index is 383. The Hall–Kier alpha value is 0.430. The molecule has 0 amide bonds. The molecule has 1 aromatic rings. The van der Waals surface area contributed by atoms with Crippen molar-refractivity contribution in [3.8, 4) is 0 Å². The largest absolute Gasteiger partial charge is 0.387 e. The topological polar surface area (TPSA) is 20.2 Å². The minimum atomic E-state index is -0.376. The second kappa shape index (κ2) is 5.20. The number of aliphatic hydroxyl groups excluding tert-OH is 1. The molecule has 2 atom stereocenters. The van der Waals surface area contributed by atoms with Gasteiger partial charge in [-0.3, -0.25) is 0 Å². The summed E-state index contributed by atoms with van der Waals surface area (Å²) >= 11 is 11.0. The lowest BCUT2D eigenvalue weighted by atomic mass is 9.66. The van der Waals surface area contributed by atoms with E-state index < -0.39 is 0 Å². The molecule has 0 aliphatic heterocycles. The van der Waals surface area contributed by atoms with Crippen molar-refractivity contribution in [2.75, 3.05) is 0 Å². The number of aliphatic hydroxyl groups is 1. The number of hydrogen-bond acceptors (Lipinski definition) is 2. The summed E-state index contributed by atoms with van der Waals surface area (Å²) in [6.45, 7) is 4.54. The zero-order chi connectivity index (χ0) is 12.6. The van der Waals surface area contributed by atoms with Crippen molar-refractivity contribution in [1.29, 1.82) is 0 Å². The maximum Gasteiger partial charge on any atom is 0.0916 e. The van der Waals surface area contributed by atoms with Gasteiger partial charge in [0.05, 0.1) is 14.9 Å². The molecule has 1 fully saturated rings. The van der Waals surface area contributed by atoms with E-state index in [-0.39, 0.29) is 11.5 Å². The van der Waals surface area contributed by atoms with Crippen molar-refractivity contribution < 1.29 is 5.11 Å². The molecule has 1 N–H and O–H groups in total. The Labute approximate surface area is 120 Å². The molecular weight excluding hydrogens is 320 g/mol. The molecule has 1 nitrogen and oxygen atoms in total. The van der Waals surface area contributed by atoms with E-state index >= 15 is 0 Å². The van der Waals surface area contributed by atoms with Gasteiger partial charge >= 0.3 is 0 Å². The first-order valence-corrected chi connectivity index (χ1v) is 8.03. The van der Waals surface area contributed by atoms with Gasteiger partial charge in [-0.25, -0.2) is 0 Å². The van der Waals surface area contributed by atoms with E-state index in [9.17, 15) is 5.11 Å². The van der Waals surface area contributed by atoms with Crippen LogP contribution in [-0.4, -0.2) is 5.11 Å². The van der Waals surface area contributed by atoms with Crippen LogP contribution >= 0.6 is 38.9 Å². The molecule has 2 unspecified atom stereocenters. The van der Waals surface area contributed by atoms with Crippen LogP contribution in [0.4, 0.5) is 0 Å². The quantitative estimate of drug-likeness (QED) is 0.764. The van der Waals surface area contributed by atoms with Crippen LogP contribution in [0.3, 0.4) is 0 Å². The predicted molar refractivity (Wildman–Crippen MR) is 77.7 cm³/mol. The first-order valence-electron chi connectivity index (χ1n) is 6.04. The minimum absolute atomic E-state index is 0.223. The molecule has 2 rings (SSSR count). The molecule has 0 radical (unpaired) electrons. The molecule has 1 heterocycles. The Kier molecular flexibility index (Phi) is 4.24. The summed E-state index contributed by atoms with van der Waals surface area (Å²) in [5.41, 5.74) is 0.223. The molecular formula is C13H18BrClOS. The predicted octanol–water partition coefficient (Wildman–Crippen LogP) is 5.41. The van der Waals surface area contributed by atoms with Crippen molar-refractivity contribution in [3.63, 3.8) is 0 Å². The van der Waals surface area contributed by atoms with Gasteiger partial charge in [-0.2, -0.15) is 0 Å². The van der Waals surface area contributed by atoms with Gasteiger partial charge in [0.15, 0.2) is 0 Å². The van der Waals surface area contributed by atoms with Crippen molar-refractivity contribution in [1.82, 2.24) is 0 Å². The molecule has 0 bridgehead atoms. The van der Waals surface area contributed by atoms with Crippen LogP contribution in [0, 0.1) is 11.3 Å². The summed E-state index contributed by atoms with van der Waals surface area (Å²) in [6.07, 6.45) is 4.45. The normalized spacial score (nSPS) is 25.8. The Balaban J connectivity index is 2.21. The Morgan fingerprint density at radius 1 is 1.53 bits per heavy atom. The summed E-state index contributed by atoms with van der Waals surface area (Å²) in [4.78, 5) is 0.988. The van der Waals surface area contributed by atoms with Crippen molar-refractivity contribution in [2.45, 2.75) is 45.6 Å². The fourth-order valence-electron chi connectivity index (χ4n) is 2.81. The lowest BCUT2D eigenvalue weighted by Gasteiger charge is -2.41. The van der Waals surface area contributed by atoms with Crippen LogP contribution in [0.5, 0.6) is 0 Å². The first kappa shape index (κ1) is 13.9. The second-order valence-corrected chi connectivity index (χ2v) is 8.36. The Morgan fingerprint density at radius 2 is 2.24 bits per heavy atom. The standard InChI is InChI=1S/C13H18BrClOS/c1-13(2)6-4-3-5-8(13)11(16)10-7-9(15)12(14)17-10/h7-8,11,16H,3-6H2,1-2H3. The second-order valence-electron chi connectivity index (χ2n) is 5.56. The molecule has 96 valence electrons. The molecule has 17 heavy (non-hydrogen) atoms. The van der Waals surface area contributed by atoms with Crippen molar-refractivity contribution >= 4 is 38.9 Å². The molecule has 1 aliphatic carbocycles.